The number of nitrogens with zero attached hydrogens (tertiary/aromatic N) is 1. The van der Waals surface area contributed by atoms with Gasteiger partial charge in [-0.2, -0.15) is 13.2 Å². The molecule has 1 aromatic heterocycles. The summed E-state index contributed by atoms with van der Waals surface area (Å²) in [4.78, 5) is 24.5. The quantitative estimate of drug-likeness (QED) is 0.711. The smallest absolute Gasteiger partial charge is 0.475 e. The summed E-state index contributed by atoms with van der Waals surface area (Å²) in [6.45, 7) is 1.90. The molecule has 25 heavy (non-hydrogen) atoms. The monoisotopic (exact) mass is 359 g/mol. The molecule has 3 N–H and O–H groups in total. The van der Waals surface area contributed by atoms with Crippen LogP contribution in [0.4, 0.5) is 33.9 Å². The number of carbonyl (C=O) groups is 2. The van der Waals surface area contributed by atoms with Crippen LogP contribution in [0.2, 0.25) is 0 Å². The molecular weight excluding hydrogens is 346 g/mol. The molecule has 0 saturated carbocycles. The molecule has 2 amide bonds. The molecule has 0 aliphatic heterocycles. The van der Waals surface area contributed by atoms with Crippen LogP contribution in [0.25, 0.3) is 0 Å². The van der Waals surface area contributed by atoms with Gasteiger partial charge in [0.25, 0.3) is 0 Å². The Hall–Kier alpha value is -3.17. The average molecular weight is 359 g/mol. The van der Waals surface area contributed by atoms with E-state index in [0.717, 1.165) is 5.56 Å². The lowest BCUT2D eigenvalue weighted by Gasteiger charge is -2.07. The van der Waals surface area contributed by atoms with E-state index < -0.39 is 24.0 Å². The standard InChI is InChI=1S/C13H12FN3O.C2HF3O2/c1-9-5-6-15-12(7-9)17-13(18)16-11-4-2-3-10(14)8-11;3-2(4,5)1(6)7/h2-8H,1H3,(H2,15,16,17,18);(H,6,7). The van der Waals surface area contributed by atoms with Gasteiger partial charge in [0, 0.05) is 11.9 Å². The Bertz CT molecular complexity index is 701. The van der Waals surface area contributed by atoms with Gasteiger partial charge in [-0.1, -0.05) is 6.07 Å². The summed E-state index contributed by atoms with van der Waals surface area (Å²) in [5, 5.41) is 12.2. The number of carboxylic acid groups (broad SMARTS) is 1. The van der Waals surface area contributed by atoms with E-state index in [0.29, 0.717) is 11.5 Å². The second-order valence-corrected chi connectivity index (χ2v) is 4.61. The number of carboxylic acids is 1. The molecule has 2 rings (SSSR count). The molecule has 0 spiro atoms. The van der Waals surface area contributed by atoms with E-state index in [2.05, 4.69) is 15.6 Å². The van der Waals surface area contributed by atoms with E-state index in [1.54, 1.807) is 18.3 Å². The number of rotatable bonds is 2. The maximum absolute atomic E-state index is 12.9. The third kappa shape index (κ3) is 7.77. The van der Waals surface area contributed by atoms with Crippen molar-refractivity contribution in [3.05, 3.63) is 54.0 Å². The molecule has 0 aliphatic rings. The molecule has 0 saturated heterocycles. The molecule has 0 unspecified atom stereocenters. The third-order valence-corrected chi connectivity index (χ3v) is 2.48. The molecule has 2 aromatic rings. The van der Waals surface area contributed by atoms with Crippen LogP contribution in [-0.4, -0.2) is 28.3 Å². The van der Waals surface area contributed by atoms with E-state index >= 15 is 0 Å². The Morgan fingerprint density at radius 3 is 2.28 bits per heavy atom. The fourth-order valence-corrected chi connectivity index (χ4v) is 1.45. The highest BCUT2D eigenvalue weighted by Gasteiger charge is 2.38. The van der Waals surface area contributed by atoms with E-state index in [9.17, 15) is 22.4 Å². The highest BCUT2D eigenvalue weighted by molar-refractivity contribution is 5.99. The zero-order valence-corrected chi connectivity index (χ0v) is 12.8. The number of benzene rings is 1. The van der Waals surface area contributed by atoms with Crippen molar-refractivity contribution in [3.63, 3.8) is 0 Å². The molecule has 6 nitrogen and oxygen atoms in total. The van der Waals surface area contributed by atoms with Gasteiger partial charge in [0.05, 0.1) is 0 Å². The summed E-state index contributed by atoms with van der Waals surface area (Å²) >= 11 is 0. The minimum Gasteiger partial charge on any atom is -0.475 e. The predicted octanol–water partition coefficient (Wildman–Crippen LogP) is 3.81. The SMILES string of the molecule is Cc1ccnc(NC(=O)Nc2cccc(F)c2)c1.O=C(O)C(F)(F)F. The predicted molar refractivity (Wildman–Crippen MR) is 81.7 cm³/mol. The van der Waals surface area contributed by atoms with Gasteiger partial charge in [0.2, 0.25) is 0 Å². The van der Waals surface area contributed by atoms with Crippen LogP contribution in [-0.2, 0) is 4.79 Å². The van der Waals surface area contributed by atoms with Crippen LogP contribution in [0.15, 0.2) is 42.6 Å². The van der Waals surface area contributed by atoms with Crippen molar-refractivity contribution in [3.8, 4) is 0 Å². The molecule has 0 atom stereocenters. The molecule has 0 radical (unpaired) electrons. The number of nitrogens with one attached hydrogen (secondary N) is 2. The lowest BCUT2D eigenvalue weighted by atomic mass is 10.3. The number of hydrogen-bond acceptors (Lipinski definition) is 3. The van der Waals surface area contributed by atoms with Crippen molar-refractivity contribution in [2.24, 2.45) is 0 Å². The maximum atomic E-state index is 12.9. The number of amides is 2. The molecule has 0 aliphatic carbocycles. The Balaban J connectivity index is 0.000000381. The fraction of sp³-hybridized carbons (Fsp3) is 0.133. The molecule has 0 fully saturated rings. The van der Waals surface area contributed by atoms with E-state index in [1.807, 2.05) is 13.0 Å². The van der Waals surface area contributed by atoms with Gasteiger partial charge in [0.15, 0.2) is 0 Å². The summed E-state index contributed by atoms with van der Waals surface area (Å²) in [6.07, 6.45) is -3.48. The number of aliphatic carboxylic acids is 1. The van der Waals surface area contributed by atoms with E-state index in [-0.39, 0.29) is 0 Å². The number of urea groups is 1. The Kier molecular flexibility index (Phi) is 6.85. The van der Waals surface area contributed by atoms with Gasteiger partial charge in [-0.15, -0.1) is 0 Å². The lowest BCUT2D eigenvalue weighted by molar-refractivity contribution is -0.192. The summed E-state index contributed by atoms with van der Waals surface area (Å²) < 4.78 is 44.6. The lowest BCUT2D eigenvalue weighted by Crippen LogP contribution is -2.21. The zero-order chi connectivity index (χ0) is 19.0. The van der Waals surface area contributed by atoms with Crippen LogP contribution < -0.4 is 10.6 Å². The van der Waals surface area contributed by atoms with Crippen molar-refractivity contribution in [1.82, 2.24) is 4.98 Å². The minimum absolute atomic E-state index is 0.389. The minimum atomic E-state index is -5.08. The van der Waals surface area contributed by atoms with Crippen molar-refractivity contribution < 1.29 is 32.3 Å². The molecule has 0 bridgehead atoms. The Labute approximate surface area is 139 Å². The first-order chi connectivity index (χ1) is 11.6. The van der Waals surface area contributed by atoms with Crippen LogP contribution in [0.5, 0.6) is 0 Å². The average Bonchev–Trinajstić information content (AvgIpc) is 2.46. The van der Waals surface area contributed by atoms with Gasteiger partial charge in [-0.05, 0) is 42.8 Å². The highest BCUT2D eigenvalue weighted by atomic mass is 19.4. The topological polar surface area (TPSA) is 91.3 Å². The van der Waals surface area contributed by atoms with E-state index in [4.69, 9.17) is 9.90 Å². The summed E-state index contributed by atoms with van der Waals surface area (Å²) in [5.74, 6) is -2.71. The first-order valence-corrected chi connectivity index (χ1v) is 6.64. The summed E-state index contributed by atoms with van der Waals surface area (Å²) in [5.41, 5.74) is 1.38. The largest absolute Gasteiger partial charge is 0.490 e. The van der Waals surface area contributed by atoms with Crippen LogP contribution in [0.1, 0.15) is 5.56 Å². The molecule has 10 heteroatoms. The Morgan fingerprint density at radius 1 is 1.12 bits per heavy atom. The summed E-state index contributed by atoms with van der Waals surface area (Å²) in [7, 11) is 0. The van der Waals surface area contributed by atoms with Crippen molar-refractivity contribution in [2.75, 3.05) is 10.6 Å². The van der Waals surface area contributed by atoms with Gasteiger partial charge >= 0.3 is 18.2 Å². The number of aromatic nitrogens is 1. The normalized spacial score (nSPS) is 10.3. The molecular formula is C15H13F4N3O3. The maximum Gasteiger partial charge on any atom is 0.490 e. The van der Waals surface area contributed by atoms with Crippen molar-refractivity contribution in [1.29, 1.82) is 0 Å². The molecule has 134 valence electrons. The third-order valence-electron chi connectivity index (χ3n) is 2.48. The highest BCUT2D eigenvalue weighted by Crippen LogP contribution is 2.13. The first kappa shape index (κ1) is 19.9. The number of carbonyl (C=O) groups excluding carboxylic acids is 1. The van der Waals surface area contributed by atoms with Crippen LogP contribution in [0, 0.1) is 12.7 Å². The number of alkyl halides is 3. The van der Waals surface area contributed by atoms with Crippen LogP contribution in [0.3, 0.4) is 0 Å². The fourth-order valence-electron chi connectivity index (χ4n) is 1.45. The van der Waals surface area contributed by atoms with Crippen molar-refractivity contribution in [2.45, 2.75) is 13.1 Å². The second-order valence-electron chi connectivity index (χ2n) is 4.61. The molecule has 1 heterocycles. The van der Waals surface area contributed by atoms with Gasteiger partial charge in [-0.3, -0.25) is 5.32 Å². The number of aryl methyl sites for hydroxylation is 1. The molecule has 1 aromatic carbocycles. The van der Waals surface area contributed by atoms with Gasteiger partial charge in [0.1, 0.15) is 11.6 Å². The number of halogens is 4. The van der Waals surface area contributed by atoms with Crippen molar-refractivity contribution >= 4 is 23.5 Å². The first-order valence-electron chi connectivity index (χ1n) is 6.64. The number of anilines is 2. The zero-order valence-electron chi connectivity index (χ0n) is 12.8. The second kappa shape index (κ2) is 8.62. The van der Waals surface area contributed by atoms with E-state index in [1.165, 1.54) is 18.2 Å². The Morgan fingerprint density at radius 2 is 1.76 bits per heavy atom. The summed E-state index contributed by atoms with van der Waals surface area (Å²) in [6, 6.07) is 8.79. The number of hydrogen-bond donors (Lipinski definition) is 3. The van der Waals surface area contributed by atoms with Crippen LogP contribution >= 0.6 is 0 Å². The van der Waals surface area contributed by atoms with Gasteiger partial charge in [-0.25, -0.2) is 19.0 Å². The number of pyridine rings is 1. The van der Waals surface area contributed by atoms with Gasteiger partial charge < -0.3 is 10.4 Å².